The van der Waals surface area contributed by atoms with Gasteiger partial charge in [0.05, 0.1) is 0 Å². The summed E-state index contributed by atoms with van der Waals surface area (Å²) in [6.45, 7) is 7.64. The van der Waals surface area contributed by atoms with Crippen molar-refractivity contribution in [2.24, 2.45) is 0 Å². The number of hydrogen-bond donors (Lipinski definition) is 1. The van der Waals surface area contributed by atoms with Crippen LogP contribution in [0.15, 0.2) is 0 Å². The molecule has 1 aliphatic rings. The summed E-state index contributed by atoms with van der Waals surface area (Å²) in [6.07, 6.45) is 0.640. The van der Waals surface area contributed by atoms with Gasteiger partial charge < -0.3 is 14.8 Å². The average molecular weight is 229 g/mol. The van der Waals surface area contributed by atoms with E-state index in [1.807, 2.05) is 0 Å². The molecule has 1 N–H and O–H groups in total. The Hall–Kier alpha value is -1.10. The Bertz CT molecular complexity index is 287. The lowest BCUT2D eigenvalue weighted by Gasteiger charge is -2.23. The summed E-state index contributed by atoms with van der Waals surface area (Å²) in [7, 11) is 0. The van der Waals surface area contributed by atoms with Gasteiger partial charge in [-0.1, -0.05) is 0 Å². The first-order valence-corrected chi connectivity index (χ1v) is 5.43. The number of ether oxygens (including phenoxy) is 2. The minimum absolute atomic E-state index is 0.570. The van der Waals surface area contributed by atoms with Gasteiger partial charge in [-0.05, 0) is 47.1 Å². The normalized spacial score (nSPS) is 25.2. The van der Waals surface area contributed by atoms with Crippen LogP contribution in [0.25, 0.3) is 0 Å². The molecule has 0 aromatic heterocycles. The maximum Gasteiger partial charge on any atom is 0.516 e. The Morgan fingerprint density at radius 2 is 1.94 bits per heavy atom. The lowest BCUT2D eigenvalue weighted by atomic mass is 10.0. The Labute approximate surface area is 95.5 Å². The minimum atomic E-state index is -0.938. The third kappa shape index (κ3) is 3.48. The monoisotopic (exact) mass is 229 g/mol. The molecular weight excluding hydrogens is 210 g/mol. The van der Waals surface area contributed by atoms with E-state index in [4.69, 9.17) is 4.74 Å². The van der Waals surface area contributed by atoms with Crippen molar-refractivity contribution in [1.82, 2.24) is 5.32 Å². The predicted octanol–water partition coefficient (Wildman–Crippen LogP) is 1.61. The van der Waals surface area contributed by atoms with Crippen LogP contribution in [-0.4, -0.2) is 29.8 Å². The lowest BCUT2D eigenvalue weighted by molar-refractivity contribution is -0.147. The summed E-state index contributed by atoms with van der Waals surface area (Å²) in [5.41, 5.74) is -1.40. The Balaban J connectivity index is 2.48. The third-order valence-electron chi connectivity index (χ3n) is 2.38. The van der Waals surface area contributed by atoms with Crippen LogP contribution in [0, 0.1) is 0 Å². The molecule has 0 aromatic carbocycles. The first kappa shape index (κ1) is 13.0. The quantitative estimate of drug-likeness (QED) is 0.546. The minimum Gasteiger partial charge on any atom is -0.428 e. The van der Waals surface area contributed by atoms with Gasteiger partial charge in [0.2, 0.25) is 0 Å². The first-order chi connectivity index (χ1) is 7.23. The van der Waals surface area contributed by atoms with Gasteiger partial charge >= 0.3 is 12.1 Å². The summed E-state index contributed by atoms with van der Waals surface area (Å²) in [6, 6.07) is 0. The molecule has 0 spiro atoms. The molecule has 1 heterocycles. The van der Waals surface area contributed by atoms with Gasteiger partial charge in [0, 0.05) is 0 Å². The molecule has 1 rings (SSSR count). The number of carbonyl (C=O) groups is 2. The highest BCUT2D eigenvalue weighted by Crippen LogP contribution is 2.20. The summed E-state index contributed by atoms with van der Waals surface area (Å²) < 4.78 is 9.55. The van der Waals surface area contributed by atoms with Crippen LogP contribution in [0.4, 0.5) is 4.79 Å². The summed E-state index contributed by atoms with van der Waals surface area (Å²) >= 11 is 0. The van der Waals surface area contributed by atoms with Crippen molar-refractivity contribution in [3.05, 3.63) is 0 Å². The van der Waals surface area contributed by atoms with E-state index in [-0.39, 0.29) is 0 Å². The maximum absolute atomic E-state index is 11.7. The van der Waals surface area contributed by atoms with Gasteiger partial charge in [0.1, 0.15) is 11.1 Å². The largest absolute Gasteiger partial charge is 0.516 e. The van der Waals surface area contributed by atoms with Gasteiger partial charge in [0.15, 0.2) is 0 Å². The topological polar surface area (TPSA) is 64.6 Å². The molecule has 0 amide bonds. The smallest absolute Gasteiger partial charge is 0.428 e. The fraction of sp³-hybridized carbons (Fsp3) is 0.818. The lowest BCUT2D eigenvalue weighted by Crippen LogP contribution is -2.46. The first-order valence-electron chi connectivity index (χ1n) is 5.43. The SMILES string of the molecule is CC(C)(C)OC(=O)OC(=O)[C@@]1(C)CCCN1. The van der Waals surface area contributed by atoms with E-state index < -0.39 is 23.3 Å². The highest BCUT2D eigenvalue weighted by atomic mass is 16.7. The molecule has 1 fully saturated rings. The van der Waals surface area contributed by atoms with Crippen molar-refractivity contribution in [1.29, 1.82) is 0 Å². The Kier molecular flexibility index (Phi) is 3.57. The average Bonchev–Trinajstić information content (AvgIpc) is 2.49. The van der Waals surface area contributed by atoms with Crippen molar-refractivity contribution >= 4 is 12.1 Å². The van der Waals surface area contributed by atoms with Crippen LogP contribution in [0.5, 0.6) is 0 Å². The van der Waals surface area contributed by atoms with E-state index >= 15 is 0 Å². The molecule has 16 heavy (non-hydrogen) atoms. The molecule has 1 atom stereocenters. The van der Waals surface area contributed by atoms with Crippen LogP contribution < -0.4 is 5.32 Å². The van der Waals surface area contributed by atoms with Crippen LogP contribution >= 0.6 is 0 Å². The maximum atomic E-state index is 11.7. The number of rotatable bonds is 1. The summed E-state index contributed by atoms with van der Waals surface area (Å²) in [5, 5.41) is 3.02. The molecule has 5 heteroatoms. The Morgan fingerprint density at radius 1 is 1.31 bits per heavy atom. The molecule has 92 valence electrons. The fourth-order valence-electron chi connectivity index (χ4n) is 1.53. The van der Waals surface area contributed by atoms with E-state index in [9.17, 15) is 9.59 Å². The fourth-order valence-corrected chi connectivity index (χ4v) is 1.53. The molecule has 0 aromatic rings. The molecule has 0 bridgehead atoms. The number of carbonyl (C=O) groups excluding carboxylic acids is 2. The van der Waals surface area contributed by atoms with E-state index in [0.29, 0.717) is 6.42 Å². The van der Waals surface area contributed by atoms with Crippen molar-refractivity contribution < 1.29 is 19.1 Å². The molecule has 0 unspecified atom stereocenters. The van der Waals surface area contributed by atoms with Crippen LogP contribution in [0.2, 0.25) is 0 Å². The molecule has 1 aliphatic heterocycles. The molecule has 0 saturated carbocycles. The van der Waals surface area contributed by atoms with Crippen molar-refractivity contribution in [2.45, 2.75) is 51.7 Å². The molecular formula is C11H19NO4. The number of esters is 1. The van der Waals surface area contributed by atoms with E-state index in [1.54, 1.807) is 27.7 Å². The molecule has 5 nitrogen and oxygen atoms in total. The zero-order valence-corrected chi connectivity index (χ0v) is 10.3. The second kappa shape index (κ2) is 4.41. The van der Waals surface area contributed by atoms with Gasteiger partial charge in [-0.2, -0.15) is 0 Å². The predicted molar refractivity (Wildman–Crippen MR) is 58.0 cm³/mol. The second-order valence-electron chi connectivity index (χ2n) is 5.22. The highest BCUT2D eigenvalue weighted by Gasteiger charge is 2.39. The summed E-state index contributed by atoms with van der Waals surface area (Å²) in [4.78, 5) is 23.0. The third-order valence-corrected chi connectivity index (χ3v) is 2.38. The van der Waals surface area contributed by atoms with E-state index in [0.717, 1.165) is 13.0 Å². The van der Waals surface area contributed by atoms with E-state index in [2.05, 4.69) is 10.1 Å². The second-order valence-corrected chi connectivity index (χ2v) is 5.22. The van der Waals surface area contributed by atoms with Crippen LogP contribution in [0.3, 0.4) is 0 Å². The highest BCUT2D eigenvalue weighted by molar-refractivity contribution is 5.88. The van der Waals surface area contributed by atoms with Crippen LogP contribution in [0.1, 0.15) is 40.5 Å². The van der Waals surface area contributed by atoms with Crippen molar-refractivity contribution in [3.63, 3.8) is 0 Å². The number of nitrogens with one attached hydrogen (secondary N) is 1. The molecule has 0 aliphatic carbocycles. The number of hydrogen-bond acceptors (Lipinski definition) is 5. The Morgan fingerprint density at radius 3 is 2.38 bits per heavy atom. The van der Waals surface area contributed by atoms with Crippen molar-refractivity contribution in [2.75, 3.05) is 6.54 Å². The van der Waals surface area contributed by atoms with Crippen molar-refractivity contribution in [3.8, 4) is 0 Å². The van der Waals surface area contributed by atoms with E-state index in [1.165, 1.54) is 0 Å². The molecule has 1 saturated heterocycles. The van der Waals surface area contributed by atoms with Gasteiger partial charge in [-0.15, -0.1) is 0 Å². The van der Waals surface area contributed by atoms with Gasteiger partial charge in [-0.3, -0.25) is 0 Å². The van der Waals surface area contributed by atoms with Crippen LogP contribution in [-0.2, 0) is 14.3 Å². The van der Waals surface area contributed by atoms with Gasteiger partial charge in [0.25, 0.3) is 0 Å². The zero-order chi connectivity index (χ0) is 12.4. The van der Waals surface area contributed by atoms with Gasteiger partial charge in [-0.25, -0.2) is 9.59 Å². The zero-order valence-electron chi connectivity index (χ0n) is 10.3. The summed E-state index contributed by atoms with van der Waals surface area (Å²) in [5.74, 6) is -0.570. The molecule has 0 radical (unpaired) electrons. The standard InChI is InChI=1S/C11H19NO4/c1-10(2,3)16-9(14)15-8(13)11(4)6-5-7-12-11/h12H,5-7H2,1-4H3/t11-/m1/s1.